The number of phenolic OH excluding ortho intramolecular Hbond substituents is 1. The van der Waals surface area contributed by atoms with Crippen molar-refractivity contribution >= 4 is 6.47 Å². The predicted octanol–water partition coefficient (Wildman–Crippen LogP) is 6.35. The van der Waals surface area contributed by atoms with Crippen LogP contribution in [0.1, 0.15) is 96.1 Å². The van der Waals surface area contributed by atoms with Gasteiger partial charge in [-0.15, -0.1) is 0 Å². The molecule has 0 saturated heterocycles. The Hall–Kier alpha value is -1.51. The first kappa shape index (κ1) is 21.8. The van der Waals surface area contributed by atoms with Crippen molar-refractivity contribution in [1.29, 1.82) is 0 Å². The van der Waals surface area contributed by atoms with Gasteiger partial charge in [-0.05, 0) is 80.4 Å². The van der Waals surface area contributed by atoms with E-state index in [-0.39, 0.29) is 5.60 Å². The second-order valence-electron chi connectivity index (χ2n) is 9.54. The minimum absolute atomic E-state index is 0.127. The summed E-state index contributed by atoms with van der Waals surface area (Å²) >= 11 is 0. The number of benzene rings is 1. The number of carbonyl (C=O) groups excluding carboxylic acids is 1. The number of aryl methyl sites for hydroxylation is 2. The molecule has 0 aromatic heterocycles. The first-order valence-corrected chi connectivity index (χ1v) is 10.8. The SMILES string of the molecule is CC(C)(C)CCCCCc1ccc(CCCCCC2(OC=O)CC2)c(O)c1. The minimum Gasteiger partial charge on any atom is -0.508 e. The molecule has 3 heteroatoms. The largest absolute Gasteiger partial charge is 0.508 e. The Morgan fingerprint density at radius 1 is 1.04 bits per heavy atom. The van der Waals surface area contributed by atoms with E-state index in [1.54, 1.807) is 0 Å². The number of rotatable bonds is 13. The zero-order valence-electron chi connectivity index (χ0n) is 17.6. The lowest BCUT2D eigenvalue weighted by molar-refractivity contribution is -0.135. The highest BCUT2D eigenvalue weighted by Crippen LogP contribution is 2.43. The summed E-state index contributed by atoms with van der Waals surface area (Å²) in [5, 5.41) is 10.3. The fourth-order valence-electron chi connectivity index (χ4n) is 3.75. The molecule has 27 heavy (non-hydrogen) atoms. The molecule has 0 radical (unpaired) electrons. The van der Waals surface area contributed by atoms with Crippen LogP contribution in [0.15, 0.2) is 18.2 Å². The number of hydrogen-bond acceptors (Lipinski definition) is 3. The molecule has 1 aromatic carbocycles. The lowest BCUT2D eigenvalue weighted by Crippen LogP contribution is -2.12. The summed E-state index contributed by atoms with van der Waals surface area (Å²) in [5.41, 5.74) is 2.60. The molecule has 1 fully saturated rings. The summed E-state index contributed by atoms with van der Waals surface area (Å²) in [6.45, 7) is 7.49. The van der Waals surface area contributed by atoms with Crippen LogP contribution in [0.5, 0.6) is 5.75 Å². The van der Waals surface area contributed by atoms with Crippen LogP contribution in [0.3, 0.4) is 0 Å². The maximum atomic E-state index is 10.5. The Balaban J connectivity index is 1.62. The van der Waals surface area contributed by atoms with Crippen molar-refractivity contribution in [1.82, 2.24) is 0 Å². The molecule has 152 valence electrons. The minimum atomic E-state index is -0.127. The van der Waals surface area contributed by atoms with Crippen molar-refractivity contribution in [3.63, 3.8) is 0 Å². The van der Waals surface area contributed by atoms with Gasteiger partial charge in [-0.25, -0.2) is 0 Å². The molecule has 0 bridgehead atoms. The summed E-state index contributed by atoms with van der Waals surface area (Å²) in [7, 11) is 0. The molecule has 2 rings (SSSR count). The Morgan fingerprint density at radius 3 is 2.37 bits per heavy atom. The van der Waals surface area contributed by atoms with Crippen molar-refractivity contribution < 1.29 is 14.6 Å². The van der Waals surface area contributed by atoms with Crippen LogP contribution < -0.4 is 0 Å². The van der Waals surface area contributed by atoms with Gasteiger partial charge in [0.05, 0.1) is 0 Å². The van der Waals surface area contributed by atoms with Gasteiger partial charge < -0.3 is 9.84 Å². The van der Waals surface area contributed by atoms with E-state index in [1.165, 1.54) is 31.2 Å². The first-order valence-electron chi connectivity index (χ1n) is 10.8. The Morgan fingerprint density at radius 2 is 1.74 bits per heavy atom. The molecule has 1 N–H and O–H groups in total. The predicted molar refractivity (Wildman–Crippen MR) is 111 cm³/mol. The highest BCUT2D eigenvalue weighted by molar-refractivity contribution is 5.39. The quantitative estimate of drug-likeness (QED) is 0.323. The van der Waals surface area contributed by atoms with E-state index in [4.69, 9.17) is 4.74 Å². The van der Waals surface area contributed by atoms with Gasteiger partial charge in [-0.3, -0.25) is 4.79 Å². The average molecular weight is 375 g/mol. The van der Waals surface area contributed by atoms with Crippen molar-refractivity contribution in [2.45, 2.75) is 103 Å². The van der Waals surface area contributed by atoms with Crippen LogP contribution in [0.25, 0.3) is 0 Å². The van der Waals surface area contributed by atoms with Gasteiger partial charge in [0.1, 0.15) is 11.4 Å². The zero-order chi connectivity index (χ0) is 19.8. The average Bonchev–Trinajstić information content (AvgIpc) is 3.35. The van der Waals surface area contributed by atoms with Gasteiger partial charge in [0.2, 0.25) is 0 Å². The second-order valence-corrected chi connectivity index (χ2v) is 9.54. The van der Waals surface area contributed by atoms with Crippen LogP contribution in [0.2, 0.25) is 0 Å². The van der Waals surface area contributed by atoms with Crippen LogP contribution in [0.4, 0.5) is 0 Å². The number of hydrogen-bond donors (Lipinski definition) is 1. The molecule has 0 amide bonds. The summed E-state index contributed by atoms with van der Waals surface area (Å²) in [6, 6.07) is 6.23. The van der Waals surface area contributed by atoms with Crippen LogP contribution >= 0.6 is 0 Å². The summed E-state index contributed by atoms with van der Waals surface area (Å²) in [5.74, 6) is 0.449. The smallest absolute Gasteiger partial charge is 0.293 e. The number of ether oxygens (including phenoxy) is 1. The maximum absolute atomic E-state index is 10.5. The third kappa shape index (κ3) is 8.36. The van der Waals surface area contributed by atoms with Gasteiger partial charge in [-0.1, -0.05) is 52.2 Å². The molecule has 1 saturated carbocycles. The summed E-state index contributed by atoms with van der Waals surface area (Å²) < 4.78 is 5.18. The van der Waals surface area contributed by atoms with Crippen molar-refractivity contribution in [3.8, 4) is 5.75 Å². The fraction of sp³-hybridized carbons (Fsp3) is 0.708. The molecule has 1 aliphatic carbocycles. The standard InChI is InChI=1S/C24H38O3/c1-23(2,3)14-8-4-6-10-20-12-13-21(22(26)18-20)11-7-5-9-15-24(16-17-24)27-19-25/h12-13,18-19,26H,4-11,14-17H2,1-3H3. The van der Waals surface area contributed by atoms with Crippen molar-refractivity contribution in [3.05, 3.63) is 29.3 Å². The number of aromatic hydroxyl groups is 1. The molecular formula is C24H38O3. The van der Waals surface area contributed by atoms with Gasteiger partial charge in [0, 0.05) is 0 Å². The highest BCUT2D eigenvalue weighted by atomic mass is 16.5. The Labute approximate surface area is 165 Å². The Kier molecular flexibility index (Phi) is 8.19. The van der Waals surface area contributed by atoms with Crippen LogP contribution in [0, 0.1) is 5.41 Å². The van der Waals surface area contributed by atoms with Gasteiger partial charge in [-0.2, -0.15) is 0 Å². The number of unbranched alkanes of at least 4 members (excludes halogenated alkanes) is 4. The van der Waals surface area contributed by atoms with Crippen LogP contribution in [-0.2, 0) is 22.4 Å². The molecule has 0 unspecified atom stereocenters. The molecule has 0 aliphatic heterocycles. The molecule has 1 aliphatic rings. The van der Waals surface area contributed by atoms with E-state index in [1.807, 2.05) is 6.07 Å². The van der Waals surface area contributed by atoms with E-state index in [0.717, 1.165) is 56.9 Å². The second kappa shape index (κ2) is 10.1. The molecule has 0 atom stereocenters. The molecule has 3 nitrogen and oxygen atoms in total. The summed E-state index contributed by atoms with van der Waals surface area (Å²) in [4.78, 5) is 10.5. The first-order chi connectivity index (χ1) is 12.8. The van der Waals surface area contributed by atoms with Crippen molar-refractivity contribution in [2.75, 3.05) is 0 Å². The topological polar surface area (TPSA) is 46.5 Å². The zero-order valence-corrected chi connectivity index (χ0v) is 17.6. The molecule has 0 spiro atoms. The maximum Gasteiger partial charge on any atom is 0.293 e. The van der Waals surface area contributed by atoms with Crippen LogP contribution in [-0.4, -0.2) is 17.2 Å². The van der Waals surface area contributed by atoms with E-state index in [0.29, 0.717) is 17.6 Å². The number of phenols is 1. The van der Waals surface area contributed by atoms with E-state index in [9.17, 15) is 9.90 Å². The molecular weight excluding hydrogens is 336 g/mol. The molecule has 0 heterocycles. The lowest BCUT2D eigenvalue weighted by Gasteiger charge is -2.17. The molecule has 1 aromatic rings. The van der Waals surface area contributed by atoms with E-state index in [2.05, 4.69) is 32.9 Å². The van der Waals surface area contributed by atoms with Gasteiger partial charge in [0.15, 0.2) is 0 Å². The fourth-order valence-corrected chi connectivity index (χ4v) is 3.75. The van der Waals surface area contributed by atoms with E-state index >= 15 is 0 Å². The third-order valence-corrected chi connectivity index (χ3v) is 5.73. The third-order valence-electron chi connectivity index (χ3n) is 5.73. The highest BCUT2D eigenvalue weighted by Gasteiger charge is 2.44. The monoisotopic (exact) mass is 374 g/mol. The Bertz CT molecular complexity index is 582. The van der Waals surface area contributed by atoms with Gasteiger partial charge >= 0.3 is 0 Å². The normalized spacial score (nSPS) is 15.5. The number of carbonyl (C=O) groups is 1. The summed E-state index contributed by atoms with van der Waals surface area (Å²) in [6.07, 6.45) is 13.3. The van der Waals surface area contributed by atoms with Gasteiger partial charge in [0.25, 0.3) is 6.47 Å². The lowest BCUT2D eigenvalue weighted by atomic mass is 9.89. The van der Waals surface area contributed by atoms with Crippen molar-refractivity contribution in [2.24, 2.45) is 5.41 Å². The van der Waals surface area contributed by atoms with E-state index < -0.39 is 0 Å².